The van der Waals surface area contributed by atoms with E-state index >= 15 is 0 Å². The number of hydrogen-bond acceptors (Lipinski definition) is 10. The van der Waals surface area contributed by atoms with E-state index in [0.717, 1.165) is 31.3 Å². The van der Waals surface area contributed by atoms with Gasteiger partial charge in [0.2, 0.25) is 11.7 Å². The van der Waals surface area contributed by atoms with E-state index in [0.29, 0.717) is 17.7 Å². The van der Waals surface area contributed by atoms with Gasteiger partial charge in [-0.25, -0.2) is 14.4 Å². The lowest BCUT2D eigenvalue weighted by Crippen LogP contribution is -2.39. The summed E-state index contributed by atoms with van der Waals surface area (Å²) in [5.74, 6) is -2.69. The minimum Gasteiger partial charge on any atom is -0.504 e. The number of carbonyl (C=O) groups is 2. The van der Waals surface area contributed by atoms with Crippen LogP contribution in [0.3, 0.4) is 0 Å². The summed E-state index contributed by atoms with van der Waals surface area (Å²) >= 11 is 6.03. The van der Waals surface area contributed by atoms with Crippen molar-refractivity contribution in [3.05, 3.63) is 80.0 Å². The molecule has 0 radical (unpaired) electrons. The molecule has 55 heavy (non-hydrogen) atoms. The predicted octanol–water partition coefficient (Wildman–Crippen LogP) is 4.19. The van der Waals surface area contributed by atoms with E-state index in [1.54, 1.807) is 0 Å². The zero-order chi connectivity index (χ0) is 40.4. The van der Waals surface area contributed by atoms with Crippen LogP contribution in [0.15, 0.2) is 35.4 Å². The molecule has 0 spiro atoms. The number of anilines is 1. The van der Waals surface area contributed by atoms with Gasteiger partial charge >= 0.3 is 12.4 Å². The fourth-order valence-electron chi connectivity index (χ4n) is 5.92. The molecule has 0 bridgehead atoms. The maximum absolute atomic E-state index is 14.4. The van der Waals surface area contributed by atoms with Crippen LogP contribution < -0.4 is 10.9 Å². The normalized spacial score (nSPS) is 14.6. The highest BCUT2D eigenvalue weighted by Crippen LogP contribution is 2.34. The second-order valence-corrected chi connectivity index (χ2v) is 13.0. The van der Waals surface area contributed by atoms with E-state index in [-0.39, 0.29) is 66.7 Å². The van der Waals surface area contributed by atoms with E-state index in [2.05, 4.69) is 25.4 Å². The lowest BCUT2D eigenvalue weighted by Gasteiger charge is -2.26. The molecule has 1 aliphatic rings. The van der Waals surface area contributed by atoms with Gasteiger partial charge in [0.05, 0.1) is 47.4 Å². The number of halogens is 8. The molecule has 14 nitrogen and oxygen atoms in total. The summed E-state index contributed by atoms with van der Waals surface area (Å²) in [6, 6.07) is 2.24. The fraction of sp³-hybridized carbons (Fsp3) is 0.424. The van der Waals surface area contributed by atoms with Crippen LogP contribution >= 0.6 is 11.6 Å². The standard InChI is InChI=1S/C33H33ClF7N9O5/c1-17(35)12-48(30(55)26-27(53)18(2)42-16-43-26)10-7-21-24(14-51)49(13-25(52)44-23-4-3-20(11-22(23)34)33(39,40)41)31-45-28(46-50(31)29(21)54)19-5-8-47(9-6-19)15-32(36,37)38/h3-5,11,16-17,51,53H,6-10,12-15H2,1-2H3,(H,44,52). The van der Waals surface area contributed by atoms with Crippen LogP contribution in [0.5, 0.6) is 5.75 Å². The highest BCUT2D eigenvalue weighted by atomic mass is 35.5. The van der Waals surface area contributed by atoms with Gasteiger partial charge in [0.15, 0.2) is 17.3 Å². The molecule has 296 valence electrons. The predicted molar refractivity (Wildman–Crippen MR) is 182 cm³/mol. The van der Waals surface area contributed by atoms with Crippen molar-refractivity contribution in [1.82, 2.24) is 38.9 Å². The molecule has 2 amide bonds. The van der Waals surface area contributed by atoms with Crippen molar-refractivity contribution in [2.45, 2.75) is 58.4 Å². The van der Waals surface area contributed by atoms with E-state index in [4.69, 9.17) is 11.6 Å². The zero-order valence-corrected chi connectivity index (χ0v) is 29.8. The summed E-state index contributed by atoms with van der Waals surface area (Å²) in [4.78, 5) is 55.0. The molecule has 0 fully saturated rings. The second kappa shape index (κ2) is 16.3. The monoisotopic (exact) mass is 803 g/mol. The van der Waals surface area contributed by atoms with Crippen molar-refractivity contribution >= 4 is 40.5 Å². The molecule has 1 unspecified atom stereocenters. The molecule has 1 aromatic carbocycles. The third kappa shape index (κ3) is 9.57. The number of rotatable bonds is 12. The molecular formula is C33H33ClF7N9O5. The highest BCUT2D eigenvalue weighted by Gasteiger charge is 2.33. The van der Waals surface area contributed by atoms with Gasteiger partial charge in [0, 0.05) is 25.2 Å². The Bertz CT molecular complexity index is 2190. The lowest BCUT2D eigenvalue weighted by molar-refractivity contribution is -0.145. The maximum atomic E-state index is 14.4. The van der Waals surface area contributed by atoms with Gasteiger partial charge in [-0.05, 0) is 50.5 Å². The summed E-state index contributed by atoms with van der Waals surface area (Å²) < 4.78 is 94.8. The van der Waals surface area contributed by atoms with Crippen LogP contribution in [0.25, 0.3) is 11.4 Å². The minimum absolute atomic E-state index is 0.0210. The number of alkyl halides is 7. The smallest absolute Gasteiger partial charge is 0.416 e. The topological polar surface area (TPSA) is 171 Å². The second-order valence-electron chi connectivity index (χ2n) is 12.6. The number of fused-ring (bicyclic) bond motifs is 1. The van der Waals surface area contributed by atoms with Gasteiger partial charge in [0.1, 0.15) is 19.0 Å². The van der Waals surface area contributed by atoms with Crippen molar-refractivity contribution in [3.8, 4) is 5.75 Å². The number of aliphatic hydroxyl groups is 1. The quantitative estimate of drug-likeness (QED) is 0.177. The van der Waals surface area contributed by atoms with Crippen molar-refractivity contribution < 1.29 is 50.5 Å². The first-order chi connectivity index (χ1) is 25.8. The van der Waals surface area contributed by atoms with Gasteiger partial charge in [0.25, 0.3) is 11.5 Å². The Morgan fingerprint density at radius 3 is 2.47 bits per heavy atom. The maximum Gasteiger partial charge on any atom is 0.416 e. The van der Waals surface area contributed by atoms with E-state index < -0.39 is 84.2 Å². The van der Waals surface area contributed by atoms with Crippen LogP contribution in [-0.4, -0.2) is 106 Å². The molecule has 3 aromatic heterocycles. The van der Waals surface area contributed by atoms with Crippen LogP contribution in [0.2, 0.25) is 5.02 Å². The first-order valence-electron chi connectivity index (χ1n) is 16.5. The largest absolute Gasteiger partial charge is 0.504 e. The number of nitrogens with zero attached hydrogens (tertiary/aromatic N) is 8. The van der Waals surface area contributed by atoms with Gasteiger partial charge in [-0.2, -0.15) is 35.8 Å². The number of aromatic nitrogens is 6. The van der Waals surface area contributed by atoms with Crippen molar-refractivity contribution in [2.75, 3.05) is 38.0 Å². The van der Waals surface area contributed by atoms with Crippen molar-refractivity contribution in [1.29, 1.82) is 0 Å². The molecule has 1 aliphatic heterocycles. The Morgan fingerprint density at radius 2 is 1.87 bits per heavy atom. The average Bonchev–Trinajstić information content (AvgIpc) is 3.55. The van der Waals surface area contributed by atoms with Crippen LogP contribution in [0.1, 0.15) is 52.2 Å². The van der Waals surface area contributed by atoms with Gasteiger partial charge in [-0.1, -0.05) is 17.7 Å². The molecule has 1 atom stereocenters. The van der Waals surface area contributed by atoms with E-state index in [1.807, 2.05) is 0 Å². The fourth-order valence-corrected chi connectivity index (χ4v) is 6.15. The van der Waals surface area contributed by atoms with Gasteiger partial charge < -0.3 is 25.0 Å². The molecule has 5 rings (SSSR count). The number of nitrogens with one attached hydrogen (secondary N) is 1. The summed E-state index contributed by atoms with van der Waals surface area (Å²) in [5, 5.41) is 27.2. The molecule has 3 N–H and O–H groups in total. The van der Waals surface area contributed by atoms with Crippen molar-refractivity contribution in [3.63, 3.8) is 0 Å². The molecule has 4 aromatic rings. The molecule has 4 heterocycles. The Balaban J connectivity index is 1.55. The molecule has 22 heteroatoms. The number of hydrogen-bond donors (Lipinski definition) is 3. The van der Waals surface area contributed by atoms with E-state index in [1.165, 1.54) is 19.9 Å². The Labute approximate surface area is 311 Å². The number of amides is 2. The van der Waals surface area contributed by atoms with Gasteiger partial charge in [-0.3, -0.25) is 19.3 Å². The number of aliphatic hydroxyl groups excluding tert-OH is 1. The Morgan fingerprint density at radius 1 is 1.15 bits per heavy atom. The summed E-state index contributed by atoms with van der Waals surface area (Å²) in [6.45, 7) is -1.21. The van der Waals surface area contributed by atoms with Gasteiger partial charge in [-0.15, -0.1) is 5.10 Å². The Kier molecular flexibility index (Phi) is 12.2. The SMILES string of the molecule is Cc1ncnc(C(=O)N(CCc2c(CO)n(CC(=O)Nc3ccc(C(F)(F)F)cc3Cl)c3nc(C4=CCN(CC(F)(F)F)CC4)nn3c2=O)CC(C)F)c1O. The van der Waals surface area contributed by atoms with Crippen LogP contribution in [0.4, 0.5) is 36.4 Å². The molecule has 0 saturated carbocycles. The first kappa shape index (κ1) is 41.0. The van der Waals surface area contributed by atoms with Crippen LogP contribution in [-0.2, 0) is 30.5 Å². The van der Waals surface area contributed by atoms with E-state index in [9.17, 15) is 55.3 Å². The Hall–Kier alpha value is -5.15. The van der Waals surface area contributed by atoms with Crippen molar-refractivity contribution in [2.24, 2.45) is 0 Å². The van der Waals surface area contributed by atoms with Crippen LogP contribution in [0, 0.1) is 6.92 Å². The summed E-state index contributed by atoms with van der Waals surface area (Å²) in [7, 11) is 0. The third-order valence-corrected chi connectivity index (χ3v) is 8.87. The number of aromatic hydroxyl groups is 1. The molecule has 0 saturated heterocycles. The zero-order valence-electron chi connectivity index (χ0n) is 29.0. The minimum atomic E-state index is -4.72. The first-order valence-corrected chi connectivity index (χ1v) is 16.9. The summed E-state index contributed by atoms with van der Waals surface area (Å²) in [5.41, 5.74) is -2.50. The third-order valence-electron chi connectivity index (χ3n) is 8.56. The molecule has 0 aliphatic carbocycles. The average molecular weight is 804 g/mol. The molecular weight excluding hydrogens is 771 g/mol. The number of benzene rings is 1. The lowest BCUT2D eigenvalue weighted by atomic mass is 10.1. The number of carbonyl (C=O) groups excluding carboxylic acids is 2. The number of aryl methyl sites for hydroxylation is 1. The summed E-state index contributed by atoms with van der Waals surface area (Å²) in [6.07, 6.45) is -8.57. The highest BCUT2D eigenvalue weighted by molar-refractivity contribution is 6.33.